The third kappa shape index (κ3) is 3.31. The lowest BCUT2D eigenvalue weighted by atomic mass is 10.0. The van der Waals surface area contributed by atoms with Crippen molar-refractivity contribution in [3.63, 3.8) is 0 Å². The van der Waals surface area contributed by atoms with Gasteiger partial charge in [0, 0.05) is 18.2 Å². The first-order chi connectivity index (χ1) is 8.18. The molecule has 0 aliphatic carbocycles. The number of rotatable bonds is 3. The standard InChI is InChI=1S/C13H16N2O2.ClH/c1-9(16)11-4-2-3-5-12(11)13(17)15-10-6-7-14-8-10;/h2-5,10,14H,6-8H2,1H3,(H,15,17);1H. The second-order valence-corrected chi connectivity index (χ2v) is 4.26. The molecule has 0 radical (unpaired) electrons. The lowest BCUT2D eigenvalue weighted by Gasteiger charge is -2.12. The topological polar surface area (TPSA) is 58.2 Å². The van der Waals surface area contributed by atoms with Crippen LogP contribution in [0.1, 0.15) is 34.1 Å². The van der Waals surface area contributed by atoms with Gasteiger partial charge in [-0.15, -0.1) is 12.4 Å². The fourth-order valence-electron chi connectivity index (χ4n) is 2.03. The van der Waals surface area contributed by atoms with Crippen molar-refractivity contribution in [3.05, 3.63) is 35.4 Å². The fourth-order valence-corrected chi connectivity index (χ4v) is 2.03. The van der Waals surface area contributed by atoms with E-state index in [0.717, 1.165) is 19.5 Å². The van der Waals surface area contributed by atoms with Gasteiger partial charge in [-0.05, 0) is 26.0 Å². The van der Waals surface area contributed by atoms with Crippen molar-refractivity contribution in [1.82, 2.24) is 10.6 Å². The maximum Gasteiger partial charge on any atom is 0.252 e. The summed E-state index contributed by atoms with van der Waals surface area (Å²) in [4.78, 5) is 23.5. The second-order valence-electron chi connectivity index (χ2n) is 4.26. The van der Waals surface area contributed by atoms with Gasteiger partial charge >= 0.3 is 0 Å². The molecule has 1 fully saturated rings. The Kier molecular flexibility index (Phi) is 5.31. The van der Waals surface area contributed by atoms with Crippen LogP contribution in [0.4, 0.5) is 0 Å². The zero-order valence-electron chi connectivity index (χ0n) is 10.2. The quantitative estimate of drug-likeness (QED) is 0.815. The van der Waals surface area contributed by atoms with Crippen LogP contribution < -0.4 is 10.6 Å². The number of hydrogen-bond donors (Lipinski definition) is 2. The minimum atomic E-state index is -0.162. The first-order valence-electron chi connectivity index (χ1n) is 5.80. The summed E-state index contributed by atoms with van der Waals surface area (Å²) in [5.41, 5.74) is 0.947. The van der Waals surface area contributed by atoms with Crippen molar-refractivity contribution in [3.8, 4) is 0 Å². The Morgan fingerprint density at radius 3 is 2.50 bits per heavy atom. The second kappa shape index (κ2) is 6.52. The van der Waals surface area contributed by atoms with Gasteiger partial charge in [0.05, 0.1) is 5.56 Å². The molecule has 2 N–H and O–H groups in total. The van der Waals surface area contributed by atoms with Crippen LogP contribution in [0.2, 0.25) is 0 Å². The minimum Gasteiger partial charge on any atom is -0.348 e. The molecule has 1 unspecified atom stereocenters. The molecule has 1 aromatic rings. The Morgan fingerprint density at radius 2 is 1.94 bits per heavy atom. The number of nitrogens with one attached hydrogen (secondary N) is 2. The highest BCUT2D eigenvalue weighted by Crippen LogP contribution is 2.10. The molecular weight excluding hydrogens is 252 g/mol. The largest absolute Gasteiger partial charge is 0.348 e. The lowest BCUT2D eigenvalue weighted by molar-refractivity contribution is 0.0927. The smallest absolute Gasteiger partial charge is 0.252 e. The molecule has 1 aliphatic rings. The van der Waals surface area contributed by atoms with Crippen LogP contribution in [-0.2, 0) is 0 Å². The molecule has 98 valence electrons. The van der Waals surface area contributed by atoms with E-state index in [2.05, 4.69) is 10.6 Å². The summed E-state index contributed by atoms with van der Waals surface area (Å²) >= 11 is 0. The normalized spacial score (nSPS) is 17.9. The summed E-state index contributed by atoms with van der Waals surface area (Å²) in [6.45, 7) is 3.20. The average Bonchev–Trinajstić information content (AvgIpc) is 2.81. The number of amides is 1. The summed E-state index contributed by atoms with van der Waals surface area (Å²) in [6.07, 6.45) is 0.938. The number of benzene rings is 1. The van der Waals surface area contributed by atoms with Gasteiger partial charge in [-0.3, -0.25) is 9.59 Å². The predicted molar refractivity (Wildman–Crippen MR) is 72.4 cm³/mol. The van der Waals surface area contributed by atoms with E-state index in [9.17, 15) is 9.59 Å². The SMILES string of the molecule is CC(=O)c1ccccc1C(=O)NC1CCNC1.Cl. The number of hydrogen-bond acceptors (Lipinski definition) is 3. The van der Waals surface area contributed by atoms with E-state index >= 15 is 0 Å². The van der Waals surface area contributed by atoms with Gasteiger partial charge in [-0.1, -0.05) is 18.2 Å². The van der Waals surface area contributed by atoms with Crippen LogP contribution in [0, 0.1) is 0 Å². The van der Waals surface area contributed by atoms with E-state index in [1.54, 1.807) is 24.3 Å². The number of ketones is 1. The highest BCUT2D eigenvalue weighted by Gasteiger charge is 2.19. The van der Waals surface area contributed by atoms with E-state index in [1.807, 2.05) is 0 Å². The molecule has 0 aromatic heterocycles. The molecule has 18 heavy (non-hydrogen) atoms. The number of halogens is 1. The predicted octanol–water partition coefficient (Wildman–Crippen LogP) is 1.40. The summed E-state index contributed by atoms with van der Waals surface area (Å²) in [5, 5.41) is 6.12. The summed E-state index contributed by atoms with van der Waals surface area (Å²) in [5.74, 6) is -0.246. The Labute approximate surface area is 113 Å². The summed E-state index contributed by atoms with van der Waals surface area (Å²) in [7, 11) is 0. The fraction of sp³-hybridized carbons (Fsp3) is 0.385. The third-order valence-corrected chi connectivity index (χ3v) is 2.95. The molecule has 0 spiro atoms. The highest BCUT2D eigenvalue weighted by molar-refractivity contribution is 6.07. The van der Waals surface area contributed by atoms with Gasteiger partial charge in [0.1, 0.15) is 0 Å². The molecule has 1 heterocycles. The molecule has 2 rings (SSSR count). The summed E-state index contributed by atoms with van der Waals surface area (Å²) in [6, 6.07) is 7.08. The van der Waals surface area contributed by atoms with Crippen molar-refractivity contribution in [2.24, 2.45) is 0 Å². The van der Waals surface area contributed by atoms with Gasteiger partial charge < -0.3 is 10.6 Å². The van der Waals surface area contributed by atoms with E-state index in [4.69, 9.17) is 0 Å². The number of Topliss-reactive ketones (excluding diaryl/α,β-unsaturated/α-hetero) is 1. The van der Waals surface area contributed by atoms with Crippen molar-refractivity contribution in [1.29, 1.82) is 0 Å². The molecule has 1 saturated heterocycles. The monoisotopic (exact) mass is 268 g/mol. The van der Waals surface area contributed by atoms with E-state index < -0.39 is 0 Å². The lowest BCUT2D eigenvalue weighted by Crippen LogP contribution is -2.36. The molecule has 1 atom stereocenters. The van der Waals surface area contributed by atoms with Crippen molar-refractivity contribution >= 4 is 24.1 Å². The van der Waals surface area contributed by atoms with Gasteiger partial charge in [0.25, 0.3) is 5.91 Å². The molecule has 1 aromatic carbocycles. The van der Waals surface area contributed by atoms with Gasteiger partial charge in [0.15, 0.2) is 5.78 Å². The maximum atomic E-state index is 12.0. The number of carbonyl (C=O) groups excluding carboxylic acids is 2. The first kappa shape index (κ1) is 14.7. The molecule has 4 nitrogen and oxygen atoms in total. The Balaban J connectivity index is 0.00000162. The van der Waals surface area contributed by atoms with E-state index in [-0.39, 0.29) is 30.1 Å². The average molecular weight is 269 g/mol. The molecule has 0 saturated carbocycles. The van der Waals surface area contributed by atoms with Crippen molar-refractivity contribution in [2.75, 3.05) is 13.1 Å². The van der Waals surface area contributed by atoms with Gasteiger partial charge in [0.2, 0.25) is 0 Å². The van der Waals surface area contributed by atoms with Crippen LogP contribution in [0.25, 0.3) is 0 Å². The molecule has 5 heteroatoms. The van der Waals surface area contributed by atoms with Crippen LogP contribution >= 0.6 is 12.4 Å². The van der Waals surface area contributed by atoms with Crippen molar-refractivity contribution in [2.45, 2.75) is 19.4 Å². The number of carbonyl (C=O) groups is 2. The van der Waals surface area contributed by atoms with Crippen molar-refractivity contribution < 1.29 is 9.59 Å². The molecular formula is C13H17ClN2O2. The zero-order chi connectivity index (χ0) is 12.3. The van der Waals surface area contributed by atoms with Gasteiger partial charge in [-0.25, -0.2) is 0 Å². The maximum absolute atomic E-state index is 12.0. The molecule has 1 aliphatic heterocycles. The molecule has 1 amide bonds. The van der Waals surface area contributed by atoms with Crippen LogP contribution in [0.15, 0.2) is 24.3 Å². The first-order valence-corrected chi connectivity index (χ1v) is 5.80. The Bertz CT molecular complexity index is 442. The Morgan fingerprint density at radius 1 is 1.28 bits per heavy atom. The third-order valence-electron chi connectivity index (χ3n) is 2.95. The van der Waals surface area contributed by atoms with Crippen LogP contribution in [0.3, 0.4) is 0 Å². The minimum absolute atomic E-state index is 0. The zero-order valence-corrected chi connectivity index (χ0v) is 11.0. The Hall–Kier alpha value is -1.39. The van der Waals surface area contributed by atoms with Gasteiger partial charge in [-0.2, -0.15) is 0 Å². The van der Waals surface area contributed by atoms with E-state index in [0.29, 0.717) is 11.1 Å². The van der Waals surface area contributed by atoms with E-state index in [1.165, 1.54) is 6.92 Å². The molecule has 0 bridgehead atoms. The summed E-state index contributed by atoms with van der Waals surface area (Å²) < 4.78 is 0. The van der Waals surface area contributed by atoms with Crippen LogP contribution in [-0.4, -0.2) is 30.8 Å². The van der Waals surface area contributed by atoms with Crippen LogP contribution in [0.5, 0.6) is 0 Å². The highest BCUT2D eigenvalue weighted by atomic mass is 35.5.